The van der Waals surface area contributed by atoms with Crippen LogP contribution in [-0.4, -0.2) is 17.6 Å². The Kier molecular flexibility index (Phi) is 3.85. The first-order valence-corrected chi connectivity index (χ1v) is 8.08. The molecular weight excluding hydrogens is 276 g/mol. The lowest BCUT2D eigenvalue weighted by molar-refractivity contribution is 0.492. The second-order valence-corrected chi connectivity index (χ2v) is 6.63. The number of benzene rings is 2. The van der Waals surface area contributed by atoms with Gasteiger partial charge in [0.05, 0.1) is 0 Å². The molecule has 0 spiro atoms. The number of nitrogens with two attached hydrogens (primary N) is 1. The van der Waals surface area contributed by atoms with Gasteiger partial charge >= 0.3 is 0 Å². The van der Waals surface area contributed by atoms with E-state index in [2.05, 4.69) is 55.1 Å². The molecule has 1 fully saturated rings. The summed E-state index contributed by atoms with van der Waals surface area (Å²) in [7, 11) is 0. The minimum atomic E-state index is 0.472. The van der Waals surface area contributed by atoms with Crippen LogP contribution in [0.1, 0.15) is 32.3 Å². The molecule has 110 valence electrons. The number of hydrogen-bond acceptors (Lipinski definition) is 2. The molecule has 2 aromatic carbocycles. The Balaban J connectivity index is 2.16. The van der Waals surface area contributed by atoms with Crippen molar-refractivity contribution in [2.24, 2.45) is 11.7 Å². The lowest BCUT2D eigenvalue weighted by atomic mass is 9.98. The molecule has 0 aliphatic carbocycles. The van der Waals surface area contributed by atoms with E-state index in [4.69, 9.17) is 18.0 Å². The molecule has 3 rings (SSSR count). The highest BCUT2D eigenvalue weighted by Gasteiger charge is 2.28. The first-order chi connectivity index (χ1) is 10.1. The largest absolute Gasteiger partial charge is 0.389 e. The summed E-state index contributed by atoms with van der Waals surface area (Å²) in [5, 5.41) is 2.42. The van der Waals surface area contributed by atoms with Gasteiger partial charge in [-0.15, -0.1) is 0 Å². The van der Waals surface area contributed by atoms with Gasteiger partial charge in [0, 0.05) is 29.2 Å². The number of rotatable bonds is 3. The predicted octanol–water partition coefficient (Wildman–Crippen LogP) is 4.10. The summed E-state index contributed by atoms with van der Waals surface area (Å²) in [5.41, 5.74) is 8.17. The fourth-order valence-electron chi connectivity index (χ4n) is 3.53. The van der Waals surface area contributed by atoms with Crippen LogP contribution in [0.2, 0.25) is 0 Å². The molecule has 0 amide bonds. The van der Waals surface area contributed by atoms with E-state index in [0.717, 1.165) is 17.5 Å². The SMILES string of the molecule is CC(C)C1CCCN1c1ccc(C(N)=S)c2ccccc12. The predicted molar refractivity (Wildman–Crippen MR) is 95.0 cm³/mol. The maximum Gasteiger partial charge on any atom is 0.104 e. The minimum Gasteiger partial charge on any atom is -0.389 e. The van der Waals surface area contributed by atoms with Gasteiger partial charge in [0.1, 0.15) is 4.99 Å². The molecule has 0 aromatic heterocycles. The average Bonchev–Trinajstić information content (AvgIpc) is 2.95. The van der Waals surface area contributed by atoms with Crippen molar-refractivity contribution in [3.05, 3.63) is 42.0 Å². The Morgan fingerprint density at radius 2 is 1.90 bits per heavy atom. The maximum atomic E-state index is 5.88. The van der Waals surface area contributed by atoms with Gasteiger partial charge in [-0.2, -0.15) is 0 Å². The van der Waals surface area contributed by atoms with Crippen LogP contribution in [0.4, 0.5) is 5.69 Å². The zero-order valence-corrected chi connectivity index (χ0v) is 13.5. The Morgan fingerprint density at radius 3 is 2.57 bits per heavy atom. The highest BCUT2D eigenvalue weighted by Crippen LogP contribution is 2.35. The van der Waals surface area contributed by atoms with Crippen LogP contribution in [0.25, 0.3) is 10.8 Å². The van der Waals surface area contributed by atoms with E-state index in [0.29, 0.717) is 16.9 Å². The van der Waals surface area contributed by atoms with E-state index in [9.17, 15) is 0 Å². The molecule has 0 bridgehead atoms. The van der Waals surface area contributed by atoms with E-state index in [1.54, 1.807) is 0 Å². The van der Waals surface area contributed by atoms with Crippen LogP contribution < -0.4 is 10.6 Å². The van der Waals surface area contributed by atoms with E-state index >= 15 is 0 Å². The van der Waals surface area contributed by atoms with Gasteiger partial charge in [0.2, 0.25) is 0 Å². The molecule has 0 radical (unpaired) electrons. The highest BCUT2D eigenvalue weighted by molar-refractivity contribution is 7.80. The quantitative estimate of drug-likeness (QED) is 0.865. The van der Waals surface area contributed by atoms with Crippen molar-refractivity contribution in [3.8, 4) is 0 Å². The second-order valence-electron chi connectivity index (χ2n) is 6.19. The Hall–Kier alpha value is -1.61. The minimum absolute atomic E-state index is 0.472. The van der Waals surface area contributed by atoms with Crippen molar-refractivity contribution in [2.75, 3.05) is 11.4 Å². The second kappa shape index (κ2) is 5.64. The summed E-state index contributed by atoms with van der Waals surface area (Å²) in [6.45, 7) is 5.77. The summed E-state index contributed by atoms with van der Waals surface area (Å²) >= 11 is 5.20. The van der Waals surface area contributed by atoms with Gasteiger partial charge in [-0.25, -0.2) is 0 Å². The Labute approximate surface area is 131 Å². The van der Waals surface area contributed by atoms with E-state index in [-0.39, 0.29) is 0 Å². The van der Waals surface area contributed by atoms with Crippen molar-refractivity contribution in [2.45, 2.75) is 32.7 Å². The third-order valence-electron chi connectivity index (χ3n) is 4.54. The van der Waals surface area contributed by atoms with Gasteiger partial charge in [-0.1, -0.05) is 50.3 Å². The number of thiocarbonyl (C=S) groups is 1. The lowest BCUT2D eigenvalue weighted by Crippen LogP contribution is -2.33. The van der Waals surface area contributed by atoms with Crippen LogP contribution >= 0.6 is 12.2 Å². The monoisotopic (exact) mass is 298 g/mol. The topological polar surface area (TPSA) is 29.3 Å². The maximum absolute atomic E-state index is 5.88. The van der Waals surface area contributed by atoms with Crippen LogP contribution in [0.5, 0.6) is 0 Å². The summed E-state index contributed by atoms with van der Waals surface area (Å²) in [6.07, 6.45) is 2.55. The van der Waals surface area contributed by atoms with Gasteiger partial charge in [0.25, 0.3) is 0 Å². The smallest absolute Gasteiger partial charge is 0.104 e. The van der Waals surface area contributed by atoms with E-state index in [1.165, 1.54) is 23.9 Å². The van der Waals surface area contributed by atoms with Crippen molar-refractivity contribution in [1.82, 2.24) is 0 Å². The fourth-order valence-corrected chi connectivity index (χ4v) is 3.71. The molecule has 1 heterocycles. The third kappa shape index (κ3) is 2.51. The molecule has 2 aromatic rings. The normalized spacial score (nSPS) is 18.6. The first kappa shape index (κ1) is 14.3. The van der Waals surface area contributed by atoms with E-state index < -0.39 is 0 Å². The standard InChI is InChI=1S/C18H22N2S/c1-12(2)16-8-5-11-20(16)17-10-9-15(18(19)21)13-6-3-4-7-14(13)17/h3-4,6-7,9-10,12,16H,5,8,11H2,1-2H3,(H2,19,21). The molecule has 21 heavy (non-hydrogen) atoms. The van der Waals surface area contributed by atoms with Gasteiger partial charge < -0.3 is 10.6 Å². The third-order valence-corrected chi connectivity index (χ3v) is 4.76. The van der Waals surface area contributed by atoms with Crippen molar-refractivity contribution < 1.29 is 0 Å². The van der Waals surface area contributed by atoms with Gasteiger partial charge in [-0.05, 0) is 36.3 Å². The molecule has 1 aliphatic heterocycles. The zero-order valence-electron chi connectivity index (χ0n) is 12.7. The van der Waals surface area contributed by atoms with Crippen molar-refractivity contribution >= 4 is 33.7 Å². The summed E-state index contributed by atoms with van der Waals surface area (Å²) < 4.78 is 0. The number of fused-ring (bicyclic) bond motifs is 1. The first-order valence-electron chi connectivity index (χ1n) is 7.68. The fraction of sp³-hybridized carbons (Fsp3) is 0.389. The molecule has 2 N–H and O–H groups in total. The van der Waals surface area contributed by atoms with Crippen LogP contribution in [0.15, 0.2) is 36.4 Å². The summed E-state index contributed by atoms with van der Waals surface area (Å²) in [4.78, 5) is 3.04. The lowest BCUT2D eigenvalue weighted by Gasteiger charge is -2.31. The van der Waals surface area contributed by atoms with Crippen LogP contribution in [0, 0.1) is 5.92 Å². The van der Waals surface area contributed by atoms with E-state index in [1.807, 2.05) is 0 Å². The van der Waals surface area contributed by atoms with Crippen LogP contribution in [0.3, 0.4) is 0 Å². The number of hydrogen-bond donors (Lipinski definition) is 1. The molecule has 2 nitrogen and oxygen atoms in total. The van der Waals surface area contributed by atoms with Crippen LogP contribution in [-0.2, 0) is 0 Å². The van der Waals surface area contributed by atoms with Crippen molar-refractivity contribution in [1.29, 1.82) is 0 Å². The summed E-state index contributed by atoms with van der Waals surface area (Å²) in [5.74, 6) is 0.668. The summed E-state index contributed by atoms with van der Waals surface area (Å²) in [6, 6.07) is 13.3. The molecule has 3 heteroatoms. The van der Waals surface area contributed by atoms with Crippen molar-refractivity contribution in [3.63, 3.8) is 0 Å². The Morgan fingerprint density at radius 1 is 1.19 bits per heavy atom. The number of nitrogens with zero attached hydrogens (tertiary/aromatic N) is 1. The zero-order chi connectivity index (χ0) is 15.0. The number of anilines is 1. The van der Waals surface area contributed by atoms with Gasteiger partial charge in [0.15, 0.2) is 0 Å². The van der Waals surface area contributed by atoms with Gasteiger partial charge in [-0.3, -0.25) is 0 Å². The molecule has 1 saturated heterocycles. The molecule has 1 aliphatic rings. The average molecular weight is 298 g/mol. The molecular formula is C18H22N2S. The molecule has 1 unspecified atom stereocenters. The highest BCUT2D eigenvalue weighted by atomic mass is 32.1. The Bertz CT molecular complexity index is 678. The molecule has 1 atom stereocenters. The molecule has 0 saturated carbocycles.